The minimum Gasteiger partial charge on any atom is -0.313 e. The van der Waals surface area contributed by atoms with E-state index in [0.717, 1.165) is 13.1 Å². The Morgan fingerprint density at radius 2 is 1.86 bits per heavy atom. The third-order valence-electron chi connectivity index (χ3n) is 4.56. The van der Waals surface area contributed by atoms with Crippen molar-refractivity contribution in [1.29, 1.82) is 0 Å². The fourth-order valence-electron chi connectivity index (χ4n) is 3.07. The average molecular weight is 288 g/mol. The van der Waals surface area contributed by atoms with Crippen LogP contribution < -0.4 is 5.32 Å². The average Bonchev–Trinajstić information content (AvgIpc) is 2.47. The molecule has 118 valence electrons. The van der Waals surface area contributed by atoms with Gasteiger partial charge >= 0.3 is 0 Å². The molecule has 0 radical (unpaired) electrons. The number of piperidine rings is 1. The Hall–Kier alpha value is -0.860. The maximum Gasteiger partial charge on any atom is 0.0234 e. The van der Waals surface area contributed by atoms with Gasteiger partial charge in [-0.05, 0) is 42.5 Å². The van der Waals surface area contributed by atoms with Crippen molar-refractivity contribution in [2.45, 2.75) is 65.0 Å². The van der Waals surface area contributed by atoms with Gasteiger partial charge < -0.3 is 5.32 Å². The third kappa shape index (κ3) is 5.12. The number of nitrogens with one attached hydrogen (secondary N) is 1. The second-order valence-corrected chi connectivity index (χ2v) is 7.42. The van der Waals surface area contributed by atoms with Gasteiger partial charge in [-0.2, -0.15) is 0 Å². The van der Waals surface area contributed by atoms with Gasteiger partial charge in [-0.15, -0.1) is 0 Å². The van der Waals surface area contributed by atoms with E-state index in [0.29, 0.717) is 6.04 Å². The maximum atomic E-state index is 3.66. The molecule has 2 heteroatoms. The lowest BCUT2D eigenvalue weighted by atomic mass is 9.87. The standard InChI is InChI=1S/C19H32N2/c1-5-21(15-18-8-6-7-13-20-18)14-16-9-11-17(12-10-16)19(2,3)4/h9-12,18,20H,5-8,13-15H2,1-4H3. The van der Waals surface area contributed by atoms with E-state index in [1.807, 2.05) is 0 Å². The van der Waals surface area contributed by atoms with Gasteiger partial charge in [0.05, 0.1) is 0 Å². The van der Waals surface area contributed by atoms with Crippen LogP contribution in [0.5, 0.6) is 0 Å². The zero-order valence-corrected chi connectivity index (χ0v) is 14.3. The second-order valence-electron chi connectivity index (χ2n) is 7.42. The van der Waals surface area contributed by atoms with Crippen molar-refractivity contribution in [2.24, 2.45) is 0 Å². The molecule has 1 atom stereocenters. The van der Waals surface area contributed by atoms with Gasteiger partial charge in [-0.1, -0.05) is 58.4 Å². The van der Waals surface area contributed by atoms with Gasteiger partial charge in [0.1, 0.15) is 0 Å². The van der Waals surface area contributed by atoms with Gasteiger partial charge in [0.15, 0.2) is 0 Å². The highest BCUT2D eigenvalue weighted by atomic mass is 15.1. The number of nitrogens with zero attached hydrogens (tertiary/aromatic N) is 1. The lowest BCUT2D eigenvalue weighted by molar-refractivity contribution is 0.226. The molecule has 1 aliphatic heterocycles. The summed E-state index contributed by atoms with van der Waals surface area (Å²) in [5, 5.41) is 3.66. The Morgan fingerprint density at radius 1 is 1.14 bits per heavy atom. The van der Waals surface area contributed by atoms with Crippen LogP contribution >= 0.6 is 0 Å². The second kappa shape index (κ2) is 7.42. The molecule has 0 saturated carbocycles. The van der Waals surface area contributed by atoms with Crippen LogP contribution in [0.25, 0.3) is 0 Å². The SMILES string of the molecule is CCN(Cc1ccc(C(C)(C)C)cc1)CC1CCCCN1. The molecule has 1 heterocycles. The van der Waals surface area contributed by atoms with Gasteiger partial charge in [0, 0.05) is 19.1 Å². The van der Waals surface area contributed by atoms with Crippen LogP contribution in [-0.2, 0) is 12.0 Å². The summed E-state index contributed by atoms with van der Waals surface area (Å²) in [5.74, 6) is 0. The van der Waals surface area contributed by atoms with Crippen molar-refractivity contribution >= 4 is 0 Å². The smallest absolute Gasteiger partial charge is 0.0234 e. The first-order valence-electron chi connectivity index (χ1n) is 8.54. The van der Waals surface area contributed by atoms with E-state index in [9.17, 15) is 0 Å². The maximum absolute atomic E-state index is 3.66. The van der Waals surface area contributed by atoms with Gasteiger partial charge in [-0.3, -0.25) is 4.90 Å². The Labute approximate surface area is 130 Å². The van der Waals surface area contributed by atoms with E-state index < -0.39 is 0 Å². The van der Waals surface area contributed by atoms with E-state index in [2.05, 4.69) is 62.2 Å². The molecule has 0 aliphatic carbocycles. The molecule has 1 saturated heterocycles. The quantitative estimate of drug-likeness (QED) is 0.882. The van der Waals surface area contributed by atoms with Crippen LogP contribution in [0.2, 0.25) is 0 Å². The Morgan fingerprint density at radius 3 is 2.38 bits per heavy atom. The highest BCUT2D eigenvalue weighted by Crippen LogP contribution is 2.22. The van der Waals surface area contributed by atoms with Crippen molar-refractivity contribution in [3.05, 3.63) is 35.4 Å². The molecule has 1 unspecified atom stereocenters. The molecule has 21 heavy (non-hydrogen) atoms. The fourth-order valence-corrected chi connectivity index (χ4v) is 3.07. The van der Waals surface area contributed by atoms with Crippen molar-refractivity contribution in [1.82, 2.24) is 10.2 Å². The summed E-state index contributed by atoms with van der Waals surface area (Å²) >= 11 is 0. The van der Waals surface area contributed by atoms with Crippen molar-refractivity contribution in [3.63, 3.8) is 0 Å². The summed E-state index contributed by atoms with van der Waals surface area (Å²) in [6, 6.07) is 9.88. The zero-order valence-electron chi connectivity index (χ0n) is 14.3. The van der Waals surface area contributed by atoms with E-state index in [4.69, 9.17) is 0 Å². The predicted molar refractivity (Wildman–Crippen MR) is 91.7 cm³/mol. The van der Waals surface area contributed by atoms with Crippen molar-refractivity contribution < 1.29 is 0 Å². The number of hydrogen-bond acceptors (Lipinski definition) is 2. The van der Waals surface area contributed by atoms with Crippen LogP contribution in [-0.4, -0.2) is 30.6 Å². The summed E-state index contributed by atoms with van der Waals surface area (Å²) in [4.78, 5) is 2.56. The molecule has 2 nitrogen and oxygen atoms in total. The lowest BCUT2D eigenvalue weighted by Gasteiger charge is -2.30. The number of hydrogen-bond donors (Lipinski definition) is 1. The molecule has 1 N–H and O–H groups in total. The summed E-state index contributed by atoms with van der Waals surface area (Å²) in [5.41, 5.74) is 3.10. The number of benzene rings is 1. The summed E-state index contributed by atoms with van der Waals surface area (Å²) in [6.07, 6.45) is 4.06. The molecule has 1 fully saturated rings. The molecule has 0 aromatic heterocycles. The normalized spacial score (nSPS) is 20.0. The fraction of sp³-hybridized carbons (Fsp3) is 0.684. The van der Waals surface area contributed by atoms with E-state index in [1.54, 1.807) is 0 Å². The minimum atomic E-state index is 0.245. The van der Waals surface area contributed by atoms with Crippen LogP contribution in [0.4, 0.5) is 0 Å². The summed E-state index contributed by atoms with van der Waals surface area (Å²) in [6.45, 7) is 13.7. The van der Waals surface area contributed by atoms with Gasteiger partial charge in [0.2, 0.25) is 0 Å². The van der Waals surface area contributed by atoms with Crippen molar-refractivity contribution in [3.8, 4) is 0 Å². The molecule has 1 aromatic rings. The molecule has 0 amide bonds. The van der Waals surface area contributed by atoms with Gasteiger partial charge in [-0.25, -0.2) is 0 Å². The molecule has 0 bridgehead atoms. The molecule has 2 rings (SSSR count). The minimum absolute atomic E-state index is 0.245. The van der Waals surface area contributed by atoms with E-state index in [1.165, 1.54) is 43.5 Å². The van der Waals surface area contributed by atoms with Crippen LogP contribution in [0.3, 0.4) is 0 Å². The Kier molecular flexibility index (Phi) is 5.83. The van der Waals surface area contributed by atoms with Crippen molar-refractivity contribution in [2.75, 3.05) is 19.6 Å². The van der Waals surface area contributed by atoms with Crippen LogP contribution in [0.1, 0.15) is 58.1 Å². The molecule has 0 spiro atoms. The summed E-state index contributed by atoms with van der Waals surface area (Å²) in [7, 11) is 0. The first-order chi connectivity index (χ1) is 9.99. The molecular formula is C19H32N2. The first kappa shape index (κ1) is 16.5. The molecule has 1 aromatic carbocycles. The predicted octanol–water partition coefficient (Wildman–Crippen LogP) is 3.95. The monoisotopic (exact) mass is 288 g/mol. The van der Waals surface area contributed by atoms with Crippen LogP contribution in [0.15, 0.2) is 24.3 Å². The topological polar surface area (TPSA) is 15.3 Å². The number of likely N-dealkylation sites (N-methyl/N-ethyl adjacent to an activating group) is 1. The Bertz CT molecular complexity index is 410. The highest BCUT2D eigenvalue weighted by molar-refractivity contribution is 5.27. The largest absolute Gasteiger partial charge is 0.313 e. The third-order valence-corrected chi connectivity index (χ3v) is 4.56. The number of rotatable bonds is 5. The van der Waals surface area contributed by atoms with E-state index >= 15 is 0 Å². The molecule has 1 aliphatic rings. The summed E-state index contributed by atoms with van der Waals surface area (Å²) < 4.78 is 0. The molecular weight excluding hydrogens is 256 g/mol. The zero-order chi connectivity index (χ0) is 15.3. The van der Waals surface area contributed by atoms with Gasteiger partial charge in [0.25, 0.3) is 0 Å². The lowest BCUT2D eigenvalue weighted by Crippen LogP contribution is -2.43. The Balaban J connectivity index is 1.91. The van der Waals surface area contributed by atoms with E-state index in [-0.39, 0.29) is 5.41 Å². The first-order valence-corrected chi connectivity index (χ1v) is 8.54. The highest BCUT2D eigenvalue weighted by Gasteiger charge is 2.16. The van der Waals surface area contributed by atoms with Crippen LogP contribution in [0, 0.1) is 0 Å².